The maximum absolute atomic E-state index is 12.8. The molecule has 4 nitrogen and oxygen atoms in total. The molecule has 0 radical (unpaired) electrons. The first-order chi connectivity index (χ1) is 9.08. The fourth-order valence-corrected chi connectivity index (χ4v) is 2.42. The first kappa shape index (κ1) is 13.8. The highest BCUT2D eigenvalue weighted by Crippen LogP contribution is 2.18. The van der Waals surface area contributed by atoms with Crippen molar-refractivity contribution in [2.75, 3.05) is 11.9 Å². The summed E-state index contributed by atoms with van der Waals surface area (Å²) in [5, 5.41) is 3.02. The van der Waals surface area contributed by atoms with Crippen LogP contribution in [-0.2, 0) is 4.79 Å². The summed E-state index contributed by atoms with van der Waals surface area (Å²) in [6.07, 6.45) is 4.46. The molecule has 2 heterocycles. The number of carbonyl (C=O) groups excluding carboxylic acids is 1. The van der Waals surface area contributed by atoms with Crippen LogP contribution in [0.4, 0.5) is 10.2 Å². The van der Waals surface area contributed by atoms with Crippen molar-refractivity contribution in [2.24, 2.45) is 0 Å². The maximum Gasteiger partial charge on any atom is 0.245 e. The fraction of sp³-hybridized carbons (Fsp3) is 0.571. The standard InChI is InChI=1S/C14H20FN3O/c1-10-5-3-4-8-18(10)14(19)11(2)17-13-7-6-12(15)9-16-13/h6-7,9-11H,3-5,8H2,1-2H3,(H,16,17)/t10-,11+/m1/s1. The second-order valence-corrected chi connectivity index (χ2v) is 5.10. The average molecular weight is 265 g/mol. The number of piperidine rings is 1. The Hall–Kier alpha value is -1.65. The van der Waals surface area contributed by atoms with E-state index in [4.69, 9.17) is 0 Å². The van der Waals surface area contributed by atoms with E-state index in [1.807, 2.05) is 11.8 Å². The molecule has 5 heteroatoms. The van der Waals surface area contributed by atoms with E-state index in [9.17, 15) is 9.18 Å². The van der Waals surface area contributed by atoms with E-state index in [1.165, 1.54) is 12.5 Å². The molecular formula is C14H20FN3O. The van der Waals surface area contributed by atoms with Gasteiger partial charge in [-0.1, -0.05) is 0 Å². The van der Waals surface area contributed by atoms with Gasteiger partial charge in [-0.15, -0.1) is 0 Å². The maximum atomic E-state index is 12.8. The van der Waals surface area contributed by atoms with Crippen LogP contribution >= 0.6 is 0 Å². The van der Waals surface area contributed by atoms with Crippen molar-refractivity contribution in [3.8, 4) is 0 Å². The van der Waals surface area contributed by atoms with E-state index in [1.54, 1.807) is 6.07 Å². The van der Waals surface area contributed by atoms with Gasteiger partial charge in [0.25, 0.3) is 0 Å². The Morgan fingerprint density at radius 1 is 1.53 bits per heavy atom. The predicted octanol–water partition coefficient (Wildman–Crippen LogP) is 2.42. The number of nitrogens with one attached hydrogen (secondary N) is 1. The van der Waals surface area contributed by atoms with Crippen molar-refractivity contribution >= 4 is 11.7 Å². The third kappa shape index (κ3) is 3.43. The molecule has 19 heavy (non-hydrogen) atoms. The number of hydrogen-bond acceptors (Lipinski definition) is 3. The molecule has 1 saturated heterocycles. The Morgan fingerprint density at radius 2 is 2.32 bits per heavy atom. The molecule has 1 aliphatic rings. The van der Waals surface area contributed by atoms with Crippen LogP contribution in [0.1, 0.15) is 33.1 Å². The number of halogens is 1. The molecule has 1 N–H and O–H groups in total. The zero-order valence-corrected chi connectivity index (χ0v) is 11.4. The van der Waals surface area contributed by atoms with Crippen LogP contribution in [0.3, 0.4) is 0 Å². The van der Waals surface area contributed by atoms with Gasteiger partial charge in [0.05, 0.1) is 6.20 Å². The summed E-state index contributed by atoms with van der Waals surface area (Å²) in [5.41, 5.74) is 0. The molecular weight excluding hydrogens is 245 g/mol. The van der Waals surface area contributed by atoms with Gasteiger partial charge in [0, 0.05) is 12.6 Å². The van der Waals surface area contributed by atoms with Gasteiger partial charge in [-0.3, -0.25) is 4.79 Å². The number of aromatic nitrogens is 1. The average Bonchev–Trinajstić information content (AvgIpc) is 2.41. The second kappa shape index (κ2) is 5.99. The summed E-state index contributed by atoms with van der Waals surface area (Å²) >= 11 is 0. The lowest BCUT2D eigenvalue weighted by molar-refractivity contribution is -0.134. The molecule has 0 saturated carbocycles. The van der Waals surface area contributed by atoms with Gasteiger partial charge in [0.2, 0.25) is 5.91 Å². The minimum atomic E-state index is -0.380. The molecule has 0 aromatic carbocycles. The largest absolute Gasteiger partial charge is 0.359 e. The molecule has 1 fully saturated rings. The van der Waals surface area contributed by atoms with Crippen molar-refractivity contribution in [1.29, 1.82) is 0 Å². The molecule has 104 valence electrons. The molecule has 0 spiro atoms. The Labute approximate surface area is 113 Å². The van der Waals surface area contributed by atoms with Gasteiger partial charge >= 0.3 is 0 Å². The van der Waals surface area contributed by atoms with E-state index in [-0.39, 0.29) is 17.8 Å². The third-order valence-corrected chi connectivity index (χ3v) is 3.55. The van der Waals surface area contributed by atoms with Crippen LogP contribution in [0.15, 0.2) is 18.3 Å². The van der Waals surface area contributed by atoms with Crippen molar-refractivity contribution in [1.82, 2.24) is 9.88 Å². The molecule has 2 rings (SSSR count). The predicted molar refractivity (Wildman–Crippen MR) is 72.3 cm³/mol. The highest BCUT2D eigenvalue weighted by molar-refractivity contribution is 5.84. The topological polar surface area (TPSA) is 45.2 Å². The van der Waals surface area contributed by atoms with Gasteiger partial charge in [-0.25, -0.2) is 9.37 Å². The summed E-state index contributed by atoms with van der Waals surface area (Å²) in [6, 6.07) is 2.82. The van der Waals surface area contributed by atoms with Crippen LogP contribution in [0, 0.1) is 5.82 Å². The highest BCUT2D eigenvalue weighted by Gasteiger charge is 2.26. The fourth-order valence-electron chi connectivity index (χ4n) is 2.42. The van der Waals surface area contributed by atoms with E-state index in [2.05, 4.69) is 17.2 Å². The zero-order chi connectivity index (χ0) is 13.8. The summed E-state index contributed by atoms with van der Waals surface area (Å²) in [7, 11) is 0. The van der Waals surface area contributed by atoms with Gasteiger partial charge in [0.1, 0.15) is 17.7 Å². The van der Waals surface area contributed by atoms with Gasteiger partial charge in [-0.2, -0.15) is 0 Å². The minimum Gasteiger partial charge on any atom is -0.359 e. The van der Waals surface area contributed by atoms with Crippen LogP contribution in [0.5, 0.6) is 0 Å². The molecule has 0 aliphatic carbocycles. The molecule has 0 bridgehead atoms. The molecule has 0 unspecified atom stereocenters. The first-order valence-electron chi connectivity index (χ1n) is 6.76. The number of pyridine rings is 1. The lowest BCUT2D eigenvalue weighted by atomic mass is 10.0. The summed E-state index contributed by atoms with van der Waals surface area (Å²) < 4.78 is 12.8. The number of likely N-dealkylation sites (tertiary alicyclic amines) is 1. The van der Waals surface area contributed by atoms with Crippen molar-refractivity contribution in [3.05, 3.63) is 24.1 Å². The van der Waals surface area contributed by atoms with E-state index >= 15 is 0 Å². The molecule has 1 amide bonds. The first-order valence-corrected chi connectivity index (χ1v) is 6.76. The number of amides is 1. The van der Waals surface area contributed by atoms with Crippen LogP contribution in [-0.4, -0.2) is 34.4 Å². The van der Waals surface area contributed by atoms with Gasteiger partial charge < -0.3 is 10.2 Å². The quantitative estimate of drug-likeness (QED) is 0.913. The normalized spacial score (nSPS) is 21.0. The van der Waals surface area contributed by atoms with Crippen LogP contribution in [0.2, 0.25) is 0 Å². The lowest BCUT2D eigenvalue weighted by Crippen LogP contribution is -2.48. The minimum absolute atomic E-state index is 0.0818. The van der Waals surface area contributed by atoms with Gasteiger partial charge in [-0.05, 0) is 45.2 Å². The number of nitrogens with zero attached hydrogens (tertiary/aromatic N) is 2. The highest BCUT2D eigenvalue weighted by atomic mass is 19.1. The van der Waals surface area contributed by atoms with Crippen molar-refractivity contribution in [2.45, 2.75) is 45.2 Å². The van der Waals surface area contributed by atoms with E-state index < -0.39 is 0 Å². The summed E-state index contributed by atoms with van der Waals surface area (Å²) in [4.78, 5) is 18.2. The Balaban J connectivity index is 1.96. The Morgan fingerprint density at radius 3 is 2.95 bits per heavy atom. The molecule has 2 atom stereocenters. The lowest BCUT2D eigenvalue weighted by Gasteiger charge is -2.35. The number of rotatable bonds is 3. The van der Waals surface area contributed by atoms with Crippen LogP contribution in [0.25, 0.3) is 0 Å². The smallest absolute Gasteiger partial charge is 0.245 e. The van der Waals surface area contributed by atoms with Gasteiger partial charge in [0.15, 0.2) is 0 Å². The van der Waals surface area contributed by atoms with E-state index in [0.717, 1.165) is 25.6 Å². The zero-order valence-electron chi connectivity index (χ0n) is 11.4. The molecule has 1 aliphatic heterocycles. The second-order valence-electron chi connectivity index (χ2n) is 5.10. The SMILES string of the molecule is C[C@H](Nc1ccc(F)cn1)C(=O)N1CCCC[C@H]1C. The summed E-state index contributed by atoms with van der Waals surface area (Å²) in [6.45, 7) is 4.72. The molecule has 1 aromatic heterocycles. The van der Waals surface area contributed by atoms with E-state index in [0.29, 0.717) is 11.9 Å². The van der Waals surface area contributed by atoms with Crippen molar-refractivity contribution < 1.29 is 9.18 Å². The third-order valence-electron chi connectivity index (χ3n) is 3.55. The monoisotopic (exact) mass is 265 g/mol. The Bertz CT molecular complexity index is 435. The summed E-state index contributed by atoms with van der Waals surface area (Å²) in [5.74, 6) is 0.222. The number of anilines is 1. The molecule has 1 aromatic rings. The Kier molecular flexibility index (Phi) is 4.35. The number of hydrogen-bond donors (Lipinski definition) is 1. The van der Waals surface area contributed by atoms with Crippen LogP contribution < -0.4 is 5.32 Å². The van der Waals surface area contributed by atoms with Crippen molar-refractivity contribution in [3.63, 3.8) is 0 Å². The number of carbonyl (C=O) groups is 1.